The molecule has 1 fully saturated rings. The van der Waals surface area contributed by atoms with Crippen LogP contribution in [0.5, 0.6) is 0 Å². The van der Waals surface area contributed by atoms with Crippen molar-refractivity contribution in [1.29, 1.82) is 0 Å². The van der Waals surface area contributed by atoms with E-state index in [2.05, 4.69) is 38.5 Å². The Morgan fingerprint density at radius 3 is 3.10 bits per heavy atom. The number of carbonyl (C=O) groups is 1. The first kappa shape index (κ1) is 15.4. The Labute approximate surface area is 128 Å². The Kier molecular flexibility index (Phi) is 5.54. The number of piperidine rings is 1. The van der Waals surface area contributed by atoms with Crippen LogP contribution >= 0.6 is 15.9 Å². The van der Waals surface area contributed by atoms with Crippen molar-refractivity contribution in [2.45, 2.75) is 33.1 Å². The Balaban J connectivity index is 1.86. The Morgan fingerprint density at radius 2 is 2.45 bits per heavy atom. The molecule has 2 unspecified atom stereocenters. The van der Waals surface area contributed by atoms with E-state index in [1.807, 2.05) is 13.0 Å². The maximum Gasteiger partial charge on any atom is 0.225 e. The molecule has 0 bridgehead atoms. The molecule has 1 amide bonds. The molecule has 0 aromatic carbocycles. The highest BCUT2D eigenvalue weighted by atomic mass is 79.9. The van der Waals surface area contributed by atoms with E-state index in [1.165, 1.54) is 12.8 Å². The zero-order chi connectivity index (χ0) is 14.5. The number of hydrogen-bond donors (Lipinski definition) is 2. The van der Waals surface area contributed by atoms with Gasteiger partial charge < -0.3 is 10.6 Å². The van der Waals surface area contributed by atoms with Gasteiger partial charge in [-0.25, -0.2) is 4.98 Å². The molecule has 2 atom stereocenters. The number of halogens is 1. The molecule has 1 aliphatic rings. The van der Waals surface area contributed by atoms with Gasteiger partial charge in [0.25, 0.3) is 0 Å². The Morgan fingerprint density at radius 1 is 1.65 bits per heavy atom. The molecule has 0 radical (unpaired) electrons. The second-order valence-electron chi connectivity index (χ2n) is 5.65. The second kappa shape index (κ2) is 7.18. The number of carbonyl (C=O) groups excluding carboxylic acids is 1. The molecule has 20 heavy (non-hydrogen) atoms. The summed E-state index contributed by atoms with van der Waals surface area (Å²) in [6.45, 7) is 6.29. The molecule has 2 N–H and O–H groups in total. The van der Waals surface area contributed by atoms with Gasteiger partial charge in [0.05, 0.1) is 0 Å². The van der Waals surface area contributed by atoms with E-state index in [-0.39, 0.29) is 5.91 Å². The third kappa shape index (κ3) is 4.28. The predicted molar refractivity (Wildman–Crippen MR) is 84.7 cm³/mol. The van der Waals surface area contributed by atoms with Gasteiger partial charge in [-0.15, -0.1) is 0 Å². The number of hydrogen-bond acceptors (Lipinski definition) is 3. The summed E-state index contributed by atoms with van der Waals surface area (Å²) in [5, 5.41) is 6.29. The summed E-state index contributed by atoms with van der Waals surface area (Å²) in [7, 11) is 0. The van der Waals surface area contributed by atoms with E-state index in [0.29, 0.717) is 24.1 Å². The minimum Gasteiger partial charge on any atom is -0.316 e. The van der Waals surface area contributed by atoms with Crippen LogP contribution in [0.25, 0.3) is 0 Å². The molecule has 1 aliphatic heterocycles. The number of anilines is 1. The third-order valence-corrected chi connectivity index (χ3v) is 4.79. The number of nitrogens with zero attached hydrogens (tertiary/aromatic N) is 1. The molecule has 5 heteroatoms. The smallest absolute Gasteiger partial charge is 0.225 e. The van der Waals surface area contributed by atoms with Crippen molar-refractivity contribution in [2.24, 2.45) is 11.8 Å². The first-order valence-electron chi connectivity index (χ1n) is 7.19. The summed E-state index contributed by atoms with van der Waals surface area (Å²) in [5.74, 6) is 1.69. The molecule has 0 aliphatic carbocycles. The fourth-order valence-corrected chi connectivity index (χ4v) is 2.84. The molecule has 1 aromatic rings. The summed E-state index contributed by atoms with van der Waals surface area (Å²) < 4.78 is 0.956. The number of nitrogens with one attached hydrogen (secondary N) is 2. The fourth-order valence-electron chi connectivity index (χ4n) is 2.63. The fraction of sp³-hybridized carbons (Fsp3) is 0.600. The lowest BCUT2D eigenvalue weighted by Gasteiger charge is -2.27. The van der Waals surface area contributed by atoms with Gasteiger partial charge in [0, 0.05) is 17.1 Å². The van der Waals surface area contributed by atoms with Crippen molar-refractivity contribution >= 4 is 27.7 Å². The second-order valence-corrected chi connectivity index (χ2v) is 6.51. The highest BCUT2D eigenvalue weighted by Crippen LogP contribution is 2.23. The normalized spacial score (nSPS) is 20.4. The molecule has 2 heterocycles. The largest absolute Gasteiger partial charge is 0.316 e. The third-order valence-electron chi connectivity index (χ3n) is 3.96. The van der Waals surface area contributed by atoms with Crippen LogP contribution in [0.2, 0.25) is 0 Å². The van der Waals surface area contributed by atoms with Crippen LogP contribution in [0, 0.1) is 18.8 Å². The molecule has 4 nitrogen and oxygen atoms in total. The van der Waals surface area contributed by atoms with Gasteiger partial charge >= 0.3 is 0 Å². The molecule has 110 valence electrons. The first-order chi connectivity index (χ1) is 9.56. The van der Waals surface area contributed by atoms with E-state index in [9.17, 15) is 4.79 Å². The lowest BCUT2D eigenvalue weighted by molar-refractivity contribution is -0.117. The van der Waals surface area contributed by atoms with Crippen molar-refractivity contribution < 1.29 is 4.79 Å². The lowest BCUT2D eigenvalue weighted by Crippen LogP contribution is -2.34. The van der Waals surface area contributed by atoms with Gasteiger partial charge in [0.1, 0.15) is 5.82 Å². The summed E-state index contributed by atoms with van der Waals surface area (Å²) in [6.07, 6.45) is 4.71. The van der Waals surface area contributed by atoms with Gasteiger partial charge in [-0.3, -0.25) is 4.79 Å². The number of pyridine rings is 1. The molecular weight excluding hydrogens is 318 g/mol. The zero-order valence-corrected chi connectivity index (χ0v) is 13.7. The van der Waals surface area contributed by atoms with Crippen LogP contribution in [-0.4, -0.2) is 24.0 Å². The van der Waals surface area contributed by atoms with Crippen LogP contribution < -0.4 is 10.6 Å². The van der Waals surface area contributed by atoms with Crippen molar-refractivity contribution in [3.8, 4) is 0 Å². The van der Waals surface area contributed by atoms with E-state index >= 15 is 0 Å². The lowest BCUT2D eigenvalue weighted by atomic mass is 9.85. The molecule has 2 rings (SSSR count). The maximum atomic E-state index is 12.1. The molecule has 0 spiro atoms. The van der Waals surface area contributed by atoms with Gasteiger partial charge in [-0.1, -0.05) is 6.92 Å². The van der Waals surface area contributed by atoms with Crippen LogP contribution in [0.3, 0.4) is 0 Å². The predicted octanol–water partition coefficient (Wildman–Crippen LogP) is 3.12. The van der Waals surface area contributed by atoms with Crippen LogP contribution in [0.4, 0.5) is 5.82 Å². The summed E-state index contributed by atoms with van der Waals surface area (Å²) >= 11 is 3.41. The molecule has 1 aromatic heterocycles. The number of aryl methyl sites for hydroxylation is 1. The maximum absolute atomic E-state index is 12.1. The van der Waals surface area contributed by atoms with E-state index < -0.39 is 0 Å². The quantitative estimate of drug-likeness (QED) is 0.886. The van der Waals surface area contributed by atoms with E-state index in [0.717, 1.165) is 23.1 Å². The topological polar surface area (TPSA) is 54.0 Å². The summed E-state index contributed by atoms with van der Waals surface area (Å²) in [5.41, 5.74) is 1.07. The van der Waals surface area contributed by atoms with Crippen molar-refractivity contribution in [1.82, 2.24) is 10.3 Å². The highest BCUT2D eigenvalue weighted by molar-refractivity contribution is 9.10. The van der Waals surface area contributed by atoms with Crippen LogP contribution in [0.15, 0.2) is 16.7 Å². The van der Waals surface area contributed by atoms with Gasteiger partial charge in [0.2, 0.25) is 5.91 Å². The SMILES string of the molecule is Cc1cc(NC(=O)CC(C)C2CCCNC2)ncc1Br. The van der Waals surface area contributed by atoms with Crippen molar-refractivity contribution in [3.63, 3.8) is 0 Å². The van der Waals surface area contributed by atoms with Gasteiger partial charge in [0.15, 0.2) is 0 Å². The standard InChI is InChI=1S/C15H22BrN3O/c1-10(12-4-3-5-17-8-12)7-15(20)19-14-6-11(2)13(16)9-18-14/h6,9-10,12,17H,3-5,7-8H2,1-2H3,(H,18,19,20). The van der Waals surface area contributed by atoms with E-state index in [1.54, 1.807) is 6.20 Å². The first-order valence-corrected chi connectivity index (χ1v) is 7.98. The molecule has 1 saturated heterocycles. The highest BCUT2D eigenvalue weighted by Gasteiger charge is 2.22. The minimum absolute atomic E-state index is 0.0531. The van der Waals surface area contributed by atoms with Crippen LogP contribution in [0.1, 0.15) is 31.7 Å². The van der Waals surface area contributed by atoms with Crippen LogP contribution in [-0.2, 0) is 4.79 Å². The van der Waals surface area contributed by atoms with Gasteiger partial charge in [-0.05, 0) is 72.3 Å². The average Bonchev–Trinajstić information content (AvgIpc) is 2.44. The average molecular weight is 340 g/mol. The number of amides is 1. The monoisotopic (exact) mass is 339 g/mol. The number of rotatable bonds is 4. The Hall–Kier alpha value is -0.940. The molecular formula is C15H22BrN3O. The number of aromatic nitrogens is 1. The Bertz CT molecular complexity index is 472. The van der Waals surface area contributed by atoms with Crippen molar-refractivity contribution in [3.05, 3.63) is 22.3 Å². The zero-order valence-electron chi connectivity index (χ0n) is 12.1. The summed E-state index contributed by atoms with van der Waals surface area (Å²) in [4.78, 5) is 16.3. The van der Waals surface area contributed by atoms with E-state index in [4.69, 9.17) is 0 Å². The molecule has 0 saturated carbocycles. The van der Waals surface area contributed by atoms with Gasteiger partial charge in [-0.2, -0.15) is 0 Å². The minimum atomic E-state index is 0.0531. The van der Waals surface area contributed by atoms with Crippen molar-refractivity contribution in [2.75, 3.05) is 18.4 Å². The summed E-state index contributed by atoms with van der Waals surface area (Å²) in [6, 6.07) is 1.88.